The molecule has 2 aromatic heterocycles. The SMILES string of the molecule is c1ccc(-c2ccc(-c3nc(-c4ccc5ccccc5c4)nc(-c4cccc5cccc(-c6cccc7oc8ccccc8c67)c45)n3)cc2)cc1. The molecule has 0 fully saturated rings. The van der Waals surface area contributed by atoms with E-state index in [-0.39, 0.29) is 0 Å². The van der Waals surface area contributed by atoms with Crippen LogP contribution in [-0.2, 0) is 0 Å². The topological polar surface area (TPSA) is 51.8 Å². The highest BCUT2D eigenvalue weighted by Gasteiger charge is 2.19. The fourth-order valence-corrected chi connectivity index (χ4v) is 7.28. The number of hydrogen-bond donors (Lipinski definition) is 0. The lowest BCUT2D eigenvalue weighted by molar-refractivity contribution is 0.669. The fourth-order valence-electron chi connectivity index (χ4n) is 7.28. The van der Waals surface area contributed by atoms with Gasteiger partial charge in [0.15, 0.2) is 17.5 Å². The monoisotopic (exact) mass is 651 g/mol. The van der Waals surface area contributed by atoms with Gasteiger partial charge in [-0.15, -0.1) is 0 Å². The van der Waals surface area contributed by atoms with Crippen LogP contribution < -0.4 is 0 Å². The third kappa shape index (κ3) is 5.04. The second-order valence-corrected chi connectivity index (χ2v) is 12.8. The van der Waals surface area contributed by atoms with Gasteiger partial charge in [-0.25, -0.2) is 15.0 Å². The number of hydrogen-bond acceptors (Lipinski definition) is 4. The molecule has 0 saturated heterocycles. The maximum atomic E-state index is 6.31. The third-order valence-corrected chi connectivity index (χ3v) is 9.73. The van der Waals surface area contributed by atoms with Crippen LogP contribution in [-0.4, -0.2) is 15.0 Å². The van der Waals surface area contributed by atoms with Crippen molar-refractivity contribution in [2.45, 2.75) is 0 Å². The molecule has 0 saturated carbocycles. The third-order valence-electron chi connectivity index (χ3n) is 9.73. The van der Waals surface area contributed by atoms with Crippen molar-refractivity contribution in [3.05, 3.63) is 176 Å². The first kappa shape index (κ1) is 29.0. The van der Waals surface area contributed by atoms with Gasteiger partial charge in [0.2, 0.25) is 0 Å². The van der Waals surface area contributed by atoms with Gasteiger partial charge in [0.25, 0.3) is 0 Å². The second kappa shape index (κ2) is 11.9. The average molecular weight is 652 g/mol. The van der Waals surface area contributed by atoms with Crippen LogP contribution in [0.2, 0.25) is 0 Å². The van der Waals surface area contributed by atoms with Gasteiger partial charge in [0.05, 0.1) is 0 Å². The first-order chi connectivity index (χ1) is 25.3. The van der Waals surface area contributed by atoms with Crippen molar-refractivity contribution < 1.29 is 4.42 Å². The highest BCUT2D eigenvalue weighted by atomic mass is 16.3. The van der Waals surface area contributed by atoms with Crippen LogP contribution >= 0.6 is 0 Å². The minimum absolute atomic E-state index is 0.623. The summed E-state index contributed by atoms with van der Waals surface area (Å²) in [6.07, 6.45) is 0. The van der Waals surface area contributed by atoms with Gasteiger partial charge in [0.1, 0.15) is 11.2 Å². The minimum Gasteiger partial charge on any atom is -0.456 e. The van der Waals surface area contributed by atoms with Crippen molar-refractivity contribution in [1.29, 1.82) is 0 Å². The lowest BCUT2D eigenvalue weighted by Crippen LogP contribution is -2.01. The van der Waals surface area contributed by atoms with E-state index in [9.17, 15) is 0 Å². The quantitative estimate of drug-likeness (QED) is 0.186. The van der Waals surface area contributed by atoms with Crippen LogP contribution in [0.3, 0.4) is 0 Å². The minimum atomic E-state index is 0.623. The van der Waals surface area contributed by atoms with Gasteiger partial charge < -0.3 is 4.42 Å². The van der Waals surface area contributed by atoms with Crippen molar-refractivity contribution in [2.75, 3.05) is 0 Å². The molecule has 4 heteroatoms. The molecule has 0 aliphatic rings. The van der Waals surface area contributed by atoms with Crippen LogP contribution in [0, 0.1) is 0 Å². The normalized spacial score (nSPS) is 11.5. The maximum absolute atomic E-state index is 6.31. The zero-order valence-corrected chi connectivity index (χ0v) is 27.5. The van der Waals surface area contributed by atoms with Crippen molar-refractivity contribution in [3.63, 3.8) is 0 Å². The Morgan fingerprint density at radius 1 is 0.314 bits per heavy atom. The fraction of sp³-hybridized carbons (Fsp3) is 0. The number of para-hydroxylation sites is 1. The van der Waals surface area contributed by atoms with E-state index in [2.05, 4.69) is 152 Å². The van der Waals surface area contributed by atoms with Crippen molar-refractivity contribution >= 4 is 43.5 Å². The molecule has 0 N–H and O–H groups in total. The first-order valence-electron chi connectivity index (χ1n) is 17.1. The lowest BCUT2D eigenvalue weighted by atomic mass is 9.92. The molecule has 0 atom stereocenters. The molecule has 10 rings (SSSR count). The van der Waals surface area contributed by atoms with E-state index in [1.807, 2.05) is 24.3 Å². The molecule has 0 bridgehead atoms. The molecule has 0 radical (unpaired) electrons. The molecule has 51 heavy (non-hydrogen) atoms. The molecule has 2 heterocycles. The summed E-state index contributed by atoms with van der Waals surface area (Å²) in [5.74, 6) is 1.88. The van der Waals surface area contributed by atoms with Gasteiger partial charge >= 0.3 is 0 Å². The summed E-state index contributed by atoms with van der Waals surface area (Å²) in [6.45, 7) is 0. The van der Waals surface area contributed by atoms with E-state index in [0.717, 1.165) is 71.5 Å². The molecule has 0 aliphatic carbocycles. The highest BCUT2D eigenvalue weighted by molar-refractivity contribution is 6.17. The molecule has 8 aromatic carbocycles. The second-order valence-electron chi connectivity index (χ2n) is 12.8. The largest absolute Gasteiger partial charge is 0.456 e. The zero-order valence-electron chi connectivity index (χ0n) is 27.5. The standard InChI is InChI=1S/C47H29N3O/c1-2-11-30(12-3-1)32-23-26-34(27-24-32)45-48-46(36-28-25-31-13-4-5-14-35(31)29-36)50-47(49-45)40-20-9-16-33-15-8-18-37(43(33)40)38-19-10-22-42-44(38)39-17-6-7-21-41(39)51-42/h1-29H. The van der Waals surface area contributed by atoms with Gasteiger partial charge in [-0.3, -0.25) is 0 Å². The van der Waals surface area contributed by atoms with E-state index >= 15 is 0 Å². The zero-order chi connectivity index (χ0) is 33.7. The van der Waals surface area contributed by atoms with E-state index in [4.69, 9.17) is 19.4 Å². The maximum Gasteiger partial charge on any atom is 0.164 e. The molecule has 10 aromatic rings. The Morgan fingerprint density at radius 2 is 0.863 bits per heavy atom. The van der Waals surface area contributed by atoms with Crippen LogP contribution in [0.15, 0.2) is 180 Å². The predicted molar refractivity (Wildman–Crippen MR) is 209 cm³/mol. The summed E-state index contributed by atoms with van der Waals surface area (Å²) in [5.41, 5.74) is 9.07. The first-order valence-corrected chi connectivity index (χ1v) is 17.1. The van der Waals surface area contributed by atoms with Crippen LogP contribution in [0.5, 0.6) is 0 Å². The van der Waals surface area contributed by atoms with Gasteiger partial charge in [-0.2, -0.15) is 0 Å². The van der Waals surface area contributed by atoms with E-state index in [1.165, 1.54) is 10.9 Å². The molecule has 4 nitrogen and oxygen atoms in total. The van der Waals surface area contributed by atoms with E-state index < -0.39 is 0 Å². The number of aromatic nitrogens is 3. The van der Waals surface area contributed by atoms with Crippen molar-refractivity contribution in [1.82, 2.24) is 15.0 Å². The molecule has 0 unspecified atom stereocenters. The number of fused-ring (bicyclic) bond motifs is 5. The molecule has 0 aliphatic heterocycles. The molecular weight excluding hydrogens is 623 g/mol. The van der Waals surface area contributed by atoms with E-state index in [1.54, 1.807) is 0 Å². The van der Waals surface area contributed by atoms with Crippen LogP contribution in [0.4, 0.5) is 0 Å². The number of furan rings is 1. The Bertz CT molecular complexity index is 2900. The van der Waals surface area contributed by atoms with Gasteiger partial charge in [0, 0.05) is 32.8 Å². The Labute approximate surface area is 294 Å². The lowest BCUT2D eigenvalue weighted by Gasteiger charge is -2.14. The summed E-state index contributed by atoms with van der Waals surface area (Å²) in [5, 5.41) is 6.69. The summed E-state index contributed by atoms with van der Waals surface area (Å²) >= 11 is 0. The van der Waals surface area contributed by atoms with Crippen molar-refractivity contribution in [3.8, 4) is 56.4 Å². The Morgan fingerprint density at radius 3 is 1.69 bits per heavy atom. The van der Waals surface area contributed by atoms with Crippen LogP contribution in [0.25, 0.3) is 99.9 Å². The molecular formula is C47H29N3O. The van der Waals surface area contributed by atoms with Gasteiger partial charge in [-0.1, -0.05) is 158 Å². The van der Waals surface area contributed by atoms with Crippen LogP contribution in [0.1, 0.15) is 0 Å². The van der Waals surface area contributed by atoms with Crippen molar-refractivity contribution in [2.24, 2.45) is 0 Å². The molecule has 0 spiro atoms. The Kier molecular flexibility index (Phi) is 6.78. The van der Waals surface area contributed by atoms with Gasteiger partial charge in [-0.05, 0) is 56.6 Å². The molecule has 238 valence electrons. The molecule has 0 amide bonds. The Balaban J connectivity index is 1.21. The number of rotatable bonds is 5. The highest BCUT2D eigenvalue weighted by Crippen LogP contribution is 2.42. The summed E-state index contributed by atoms with van der Waals surface area (Å²) in [6, 6.07) is 61.0. The van der Waals surface area contributed by atoms with E-state index in [0.29, 0.717) is 17.5 Å². The summed E-state index contributed by atoms with van der Waals surface area (Å²) in [4.78, 5) is 15.5. The summed E-state index contributed by atoms with van der Waals surface area (Å²) < 4.78 is 6.31. The Hall–Kier alpha value is -6.91. The number of benzene rings is 8. The average Bonchev–Trinajstić information content (AvgIpc) is 3.59. The summed E-state index contributed by atoms with van der Waals surface area (Å²) in [7, 11) is 0. The number of nitrogens with zero attached hydrogens (tertiary/aromatic N) is 3. The smallest absolute Gasteiger partial charge is 0.164 e. The predicted octanol–water partition coefficient (Wildman–Crippen LogP) is 12.4.